The van der Waals surface area contributed by atoms with Gasteiger partial charge in [0.05, 0.1) is 12.8 Å². The largest absolute Gasteiger partial charge is 0.479 e. The molecule has 0 aliphatic carbocycles. The molecule has 0 saturated carbocycles. The number of benzene rings is 1. The average Bonchev–Trinajstić information content (AvgIpc) is 2.98. The van der Waals surface area contributed by atoms with Crippen molar-refractivity contribution in [3.05, 3.63) is 58.7 Å². The Morgan fingerprint density at radius 2 is 2.00 bits per heavy atom. The van der Waals surface area contributed by atoms with Gasteiger partial charge < -0.3 is 9.26 Å². The molecule has 0 spiro atoms. The topological polar surface area (TPSA) is 76.9 Å². The van der Waals surface area contributed by atoms with Crippen LogP contribution < -0.4 is 10.2 Å². The first-order chi connectivity index (χ1) is 10.7. The Morgan fingerprint density at radius 1 is 1.23 bits per heavy atom. The van der Waals surface area contributed by atoms with Gasteiger partial charge in [0.1, 0.15) is 12.0 Å². The molecule has 0 aliphatic rings. The van der Waals surface area contributed by atoms with Crippen molar-refractivity contribution < 1.29 is 9.26 Å². The molecule has 3 rings (SSSR count). The highest BCUT2D eigenvalue weighted by atomic mass is 35.5. The monoisotopic (exact) mass is 316 g/mol. The van der Waals surface area contributed by atoms with E-state index in [1.807, 2.05) is 12.1 Å². The van der Waals surface area contributed by atoms with Gasteiger partial charge in [-0.1, -0.05) is 23.7 Å². The zero-order chi connectivity index (χ0) is 15.5. The third-order valence-corrected chi connectivity index (χ3v) is 3.35. The lowest BCUT2D eigenvalue weighted by atomic mass is 10.1. The Labute approximate surface area is 131 Å². The maximum absolute atomic E-state index is 7.95. The van der Waals surface area contributed by atoms with Crippen LogP contribution in [0.3, 0.4) is 0 Å². The molecule has 112 valence electrons. The summed E-state index contributed by atoms with van der Waals surface area (Å²) in [6.45, 7) is 0.302. The van der Waals surface area contributed by atoms with Gasteiger partial charge in [0, 0.05) is 16.7 Å². The van der Waals surface area contributed by atoms with Crippen molar-refractivity contribution in [1.82, 2.24) is 14.9 Å². The highest BCUT2D eigenvalue weighted by molar-refractivity contribution is 6.30. The number of nitrogens with one attached hydrogen (secondary N) is 1. The molecule has 0 radical (unpaired) electrons. The Balaban J connectivity index is 1.92. The van der Waals surface area contributed by atoms with Gasteiger partial charge in [-0.05, 0) is 29.4 Å². The van der Waals surface area contributed by atoms with Crippen molar-refractivity contribution in [1.29, 1.82) is 5.41 Å². The van der Waals surface area contributed by atoms with E-state index in [0.717, 1.165) is 11.3 Å². The zero-order valence-electron chi connectivity index (χ0n) is 11.8. The molecule has 0 atom stereocenters. The molecular weight excluding hydrogens is 304 g/mol. The van der Waals surface area contributed by atoms with Crippen molar-refractivity contribution in [2.24, 2.45) is 0 Å². The molecule has 0 bridgehead atoms. The molecule has 2 aromatic heterocycles. The smallest absolute Gasteiger partial charge is 0.254 e. The molecule has 3 aromatic rings. The van der Waals surface area contributed by atoms with Crippen LogP contribution >= 0.6 is 11.6 Å². The number of hydrogen-bond acceptors (Lipinski definition) is 5. The fraction of sp³-hybridized carbons (Fsp3) is 0.133. The van der Waals surface area contributed by atoms with Crippen LogP contribution in [0.15, 0.2) is 47.0 Å². The third-order valence-electron chi connectivity index (χ3n) is 3.10. The van der Waals surface area contributed by atoms with E-state index in [4.69, 9.17) is 26.3 Å². The molecule has 1 aromatic carbocycles. The average molecular weight is 317 g/mol. The number of ether oxygens (including phenoxy) is 1. The number of halogens is 1. The van der Waals surface area contributed by atoms with Crippen LogP contribution in [0.4, 0.5) is 0 Å². The van der Waals surface area contributed by atoms with Gasteiger partial charge in [-0.15, -0.1) is 0 Å². The van der Waals surface area contributed by atoms with Crippen LogP contribution in [0.1, 0.15) is 5.76 Å². The summed E-state index contributed by atoms with van der Waals surface area (Å²) in [6.07, 6.45) is 0. The van der Waals surface area contributed by atoms with Gasteiger partial charge in [-0.3, -0.25) is 5.41 Å². The minimum atomic E-state index is 0.271. The lowest BCUT2D eigenvalue weighted by Crippen LogP contribution is -2.22. The first-order valence-electron chi connectivity index (χ1n) is 6.54. The summed E-state index contributed by atoms with van der Waals surface area (Å²) in [6, 6.07) is 12.5. The van der Waals surface area contributed by atoms with Crippen LogP contribution in [-0.2, 0) is 6.54 Å². The number of methoxy groups -OCH3 is 1. The molecular formula is C15H13ClN4O2. The van der Waals surface area contributed by atoms with E-state index >= 15 is 0 Å². The third kappa shape index (κ3) is 3.01. The standard InChI is InChI=1S/C15H13ClN4O2/c1-21-15-8-12(22-19-15)9-20-14(17)7-6-13(18-20)10-2-4-11(16)5-3-10/h2-8,17H,9H2,1H3. The quantitative estimate of drug-likeness (QED) is 0.803. The molecule has 0 fully saturated rings. The second-order valence-corrected chi connectivity index (χ2v) is 5.04. The second-order valence-electron chi connectivity index (χ2n) is 4.60. The van der Waals surface area contributed by atoms with Crippen molar-refractivity contribution in [2.75, 3.05) is 7.11 Å². The maximum Gasteiger partial charge on any atom is 0.254 e. The summed E-state index contributed by atoms with van der Waals surface area (Å²) in [5, 5.41) is 16.8. The lowest BCUT2D eigenvalue weighted by molar-refractivity contribution is 0.321. The van der Waals surface area contributed by atoms with E-state index in [0.29, 0.717) is 23.2 Å². The first kappa shape index (κ1) is 14.3. The van der Waals surface area contributed by atoms with Crippen molar-refractivity contribution in [3.63, 3.8) is 0 Å². The van der Waals surface area contributed by atoms with E-state index < -0.39 is 0 Å². The summed E-state index contributed by atoms with van der Waals surface area (Å²) >= 11 is 5.89. The molecule has 22 heavy (non-hydrogen) atoms. The minimum absolute atomic E-state index is 0.271. The normalized spacial score (nSPS) is 10.6. The minimum Gasteiger partial charge on any atom is -0.479 e. The Bertz CT molecular complexity index is 839. The fourth-order valence-corrected chi connectivity index (χ4v) is 2.09. The molecule has 0 amide bonds. The van der Waals surface area contributed by atoms with E-state index in [1.165, 1.54) is 11.8 Å². The summed E-state index contributed by atoms with van der Waals surface area (Å²) in [7, 11) is 1.52. The van der Waals surface area contributed by atoms with Crippen LogP contribution in [0.2, 0.25) is 5.02 Å². The first-order valence-corrected chi connectivity index (χ1v) is 6.92. The number of rotatable bonds is 4. The van der Waals surface area contributed by atoms with Crippen LogP contribution in [0.25, 0.3) is 11.3 Å². The number of aromatic nitrogens is 3. The maximum atomic E-state index is 7.95. The van der Waals surface area contributed by atoms with Gasteiger partial charge in [0.2, 0.25) is 0 Å². The second kappa shape index (κ2) is 6.03. The summed E-state index contributed by atoms with van der Waals surface area (Å²) in [5.41, 5.74) is 1.94. The SMILES string of the molecule is COc1cc(Cn2nc(-c3ccc(Cl)cc3)ccc2=N)on1. The van der Waals surface area contributed by atoms with Gasteiger partial charge in [-0.2, -0.15) is 5.10 Å². The van der Waals surface area contributed by atoms with Crippen molar-refractivity contribution in [2.45, 2.75) is 6.54 Å². The molecule has 1 N–H and O–H groups in total. The summed E-state index contributed by atoms with van der Waals surface area (Å²) in [4.78, 5) is 0. The van der Waals surface area contributed by atoms with Crippen molar-refractivity contribution >= 4 is 11.6 Å². The predicted molar refractivity (Wildman–Crippen MR) is 80.7 cm³/mol. The number of nitrogens with zero attached hydrogens (tertiary/aromatic N) is 3. The van der Waals surface area contributed by atoms with Gasteiger partial charge in [0.15, 0.2) is 5.76 Å². The Hall–Kier alpha value is -2.60. The van der Waals surface area contributed by atoms with E-state index in [1.54, 1.807) is 30.3 Å². The Morgan fingerprint density at radius 3 is 2.68 bits per heavy atom. The lowest BCUT2D eigenvalue weighted by Gasteiger charge is -2.06. The molecule has 0 aliphatic heterocycles. The zero-order valence-corrected chi connectivity index (χ0v) is 12.5. The van der Waals surface area contributed by atoms with E-state index in [9.17, 15) is 0 Å². The molecule has 0 saturated heterocycles. The highest BCUT2D eigenvalue weighted by Crippen LogP contribution is 2.18. The highest BCUT2D eigenvalue weighted by Gasteiger charge is 2.07. The van der Waals surface area contributed by atoms with Crippen LogP contribution in [-0.4, -0.2) is 22.0 Å². The van der Waals surface area contributed by atoms with Crippen molar-refractivity contribution in [3.8, 4) is 17.1 Å². The van der Waals surface area contributed by atoms with Gasteiger partial charge in [-0.25, -0.2) is 4.68 Å². The Kier molecular flexibility index (Phi) is 3.93. The van der Waals surface area contributed by atoms with Crippen LogP contribution in [0.5, 0.6) is 5.88 Å². The molecule has 6 nitrogen and oxygen atoms in total. The number of hydrogen-bond donors (Lipinski definition) is 1. The molecule has 0 unspecified atom stereocenters. The predicted octanol–water partition coefficient (Wildman–Crippen LogP) is 2.73. The fourth-order valence-electron chi connectivity index (χ4n) is 1.97. The summed E-state index contributed by atoms with van der Waals surface area (Å²) < 4.78 is 11.6. The van der Waals surface area contributed by atoms with Gasteiger partial charge in [0.25, 0.3) is 5.88 Å². The van der Waals surface area contributed by atoms with Gasteiger partial charge >= 0.3 is 0 Å². The van der Waals surface area contributed by atoms with E-state index in [-0.39, 0.29) is 5.49 Å². The molecule has 2 heterocycles. The van der Waals surface area contributed by atoms with E-state index in [2.05, 4.69) is 10.3 Å². The van der Waals surface area contributed by atoms with Crippen LogP contribution in [0, 0.1) is 5.41 Å². The molecule has 7 heteroatoms. The summed E-state index contributed by atoms with van der Waals surface area (Å²) in [5.74, 6) is 0.965.